The molecular weight excluding hydrogens is 176 g/mol. The first kappa shape index (κ1) is 11.5. The summed E-state index contributed by atoms with van der Waals surface area (Å²) in [5, 5.41) is 6.08. The predicted molar refractivity (Wildman–Crippen MR) is 58.0 cm³/mol. The minimum atomic E-state index is -0.0636. The van der Waals surface area contributed by atoms with Crippen molar-refractivity contribution in [3.05, 3.63) is 0 Å². The lowest BCUT2D eigenvalue weighted by Gasteiger charge is -2.13. The second-order valence-electron chi connectivity index (χ2n) is 4.91. The Hall–Kier alpha value is -0.570. The van der Waals surface area contributed by atoms with Crippen LogP contribution in [0.15, 0.2) is 0 Å². The molecule has 0 bridgehead atoms. The lowest BCUT2D eigenvalue weighted by atomic mass is 10.1. The van der Waals surface area contributed by atoms with Crippen LogP contribution >= 0.6 is 0 Å². The SMILES string of the molecule is CCNC(=O)C(C)NCC1CC1(C)C. The monoisotopic (exact) mass is 198 g/mol. The van der Waals surface area contributed by atoms with Gasteiger partial charge in [-0.1, -0.05) is 13.8 Å². The molecule has 0 radical (unpaired) electrons. The van der Waals surface area contributed by atoms with Crippen LogP contribution in [0, 0.1) is 11.3 Å². The third-order valence-corrected chi connectivity index (χ3v) is 3.13. The second-order valence-corrected chi connectivity index (χ2v) is 4.91. The van der Waals surface area contributed by atoms with E-state index in [1.165, 1.54) is 6.42 Å². The van der Waals surface area contributed by atoms with Crippen LogP contribution in [0.2, 0.25) is 0 Å². The maximum atomic E-state index is 11.4. The van der Waals surface area contributed by atoms with E-state index in [2.05, 4.69) is 24.5 Å². The summed E-state index contributed by atoms with van der Waals surface area (Å²) < 4.78 is 0. The predicted octanol–water partition coefficient (Wildman–Crippen LogP) is 1.15. The number of hydrogen-bond donors (Lipinski definition) is 2. The highest BCUT2D eigenvalue weighted by molar-refractivity contribution is 5.81. The van der Waals surface area contributed by atoms with Gasteiger partial charge in [0.25, 0.3) is 0 Å². The maximum Gasteiger partial charge on any atom is 0.236 e. The van der Waals surface area contributed by atoms with Crippen molar-refractivity contribution in [2.45, 2.75) is 40.2 Å². The molecule has 2 N–H and O–H groups in total. The Kier molecular flexibility index (Phi) is 3.53. The average molecular weight is 198 g/mol. The molecule has 1 amide bonds. The number of hydrogen-bond acceptors (Lipinski definition) is 2. The van der Waals surface area contributed by atoms with Gasteiger partial charge in [-0.15, -0.1) is 0 Å². The van der Waals surface area contributed by atoms with Gasteiger partial charge in [-0.05, 0) is 38.1 Å². The standard InChI is InChI=1S/C11H22N2O/c1-5-12-10(14)8(2)13-7-9-6-11(9,3)4/h8-9,13H,5-7H2,1-4H3,(H,12,14). The zero-order valence-electron chi connectivity index (χ0n) is 9.68. The number of nitrogens with one attached hydrogen (secondary N) is 2. The van der Waals surface area contributed by atoms with Gasteiger partial charge >= 0.3 is 0 Å². The lowest BCUT2D eigenvalue weighted by Crippen LogP contribution is -2.43. The van der Waals surface area contributed by atoms with Gasteiger partial charge in [-0.3, -0.25) is 4.79 Å². The summed E-state index contributed by atoms with van der Waals surface area (Å²) in [6, 6.07) is -0.0636. The molecule has 1 rings (SSSR count). The van der Waals surface area contributed by atoms with Gasteiger partial charge in [0, 0.05) is 6.54 Å². The van der Waals surface area contributed by atoms with Crippen LogP contribution in [-0.4, -0.2) is 25.0 Å². The summed E-state index contributed by atoms with van der Waals surface area (Å²) in [5.74, 6) is 0.852. The van der Waals surface area contributed by atoms with Crippen molar-refractivity contribution in [2.75, 3.05) is 13.1 Å². The zero-order chi connectivity index (χ0) is 10.8. The molecule has 1 aliphatic carbocycles. The van der Waals surface area contributed by atoms with E-state index in [9.17, 15) is 4.79 Å². The molecular formula is C11H22N2O. The topological polar surface area (TPSA) is 41.1 Å². The van der Waals surface area contributed by atoms with E-state index in [4.69, 9.17) is 0 Å². The Morgan fingerprint density at radius 3 is 2.57 bits per heavy atom. The van der Waals surface area contributed by atoms with E-state index in [-0.39, 0.29) is 11.9 Å². The van der Waals surface area contributed by atoms with Crippen LogP contribution in [-0.2, 0) is 4.79 Å². The third kappa shape index (κ3) is 2.98. The van der Waals surface area contributed by atoms with Gasteiger partial charge in [0.2, 0.25) is 5.91 Å². The van der Waals surface area contributed by atoms with Crippen molar-refractivity contribution in [2.24, 2.45) is 11.3 Å². The van der Waals surface area contributed by atoms with Gasteiger partial charge in [0.05, 0.1) is 6.04 Å². The molecule has 0 heterocycles. The van der Waals surface area contributed by atoms with E-state index in [1.54, 1.807) is 0 Å². The Morgan fingerprint density at radius 1 is 1.57 bits per heavy atom. The van der Waals surface area contributed by atoms with Crippen LogP contribution < -0.4 is 10.6 Å². The number of amides is 1. The molecule has 3 heteroatoms. The summed E-state index contributed by atoms with van der Waals surface area (Å²) in [6.07, 6.45) is 1.28. The van der Waals surface area contributed by atoms with Crippen LogP contribution in [0.3, 0.4) is 0 Å². The van der Waals surface area contributed by atoms with Crippen LogP contribution in [0.1, 0.15) is 34.1 Å². The van der Waals surface area contributed by atoms with Gasteiger partial charge in [0.1, 0.15) is 0 Å². The normalized spacial score (nSPS) is 25.6. The molecule has 0 aromatic heterocycles. The highest BCUT2D eigenvalue weighted by atomic mass is 16.2. The minimum absolute atomic E-state index is 0.0636. The van der Waals surface area contributed by atoms with Crippen molar-refractivity contribution in [1.29, 1.82) is 0 Å². The van der Waals surface area contributed by atoms with E-state index in [0.717, 1.165) is 12.5 Å². The molecule has 0 aromatic carbocycles. The first-order chi connectivity index (χ1) is 6.47. The molecule has 2 unspecified atom stereocenters. The van der Waals surface area contributed by atoms with Crippen LogP contribution in [0.25, 0.3) is 0 Å². The Labute approximate surface area is 86.6 Å². The van der Waals surface area contributed by atoms with E-state index in [0.29, 0.717) is 12.0 Å². The molecule has 2 atom stereocenters. The second kappa shape index (κ2) is 4.30. The molecule has 0 saturated heterocycles. The highest BCUT2D eigenvalue weighted by Gasteiger charge is 2.45. The van der Waals surface area contributed by atoms with Crippen molar-refractivity contribution >= 4 is 5.91 Å². The van der Waals surface area contributed by atoms with Gasteiger partial charge < -0.3 is 10.6 Å². The molecule has 82 valence electrons. The molecule has 1 fully saturated rings. The summed E-state index contributed by atoms with van der Waals surface area (Å²) in [5.41, 5.74) is 0.494. The molecule has 1 aliphatic rings. The van der Waals surface area contributed by atoms with Crippen LogP contribution in [0.4, 0.5) is 0 Å². The Balaban J connectivity index is 2.15. The minimum Gasteiger partial charge on any atom is -0.355 e. The van der Waals surface area contributed by atoms with Gasteiger partial charge in [0.15, 0.2) is 0 Å². The molecule has 14 heavy (non-hydrogen) atoms. The first-order valence-corrected chi connectivity index (χ1v) is 5.48. The maximum absolute atomic E-state index is 11.4. The quantitative estimate of drug-likeness (QED) is 0.695. The summed E-state index contributed by atoms with van der Waals surface area (Å²) in [6.45, 7) is 10.1. The Morgan fingerprint density at radius 2 is 2.14 bits per heavy atom. The Bertz CT molecular complexity index is 213. The van der Waals surface area contributed by atoms with E-state index in [1.807, 2.05) is 13.8 Å². The van der Waals surface area contributed by atoms with Gasteiger partial charge in [-0.25, -0.2) is 0 Å². The highest BCUT2D eigenvalue weighted by Crippen LogP contribution is 2.50. The molecule has 0 aliphatic heterocycles. The summed E-state index contributed by atoms with van der Waals surface area (Å²) in [4.78, 5) is 11.4. The average Bonchev–Trinajstić information content (AvgIpc) is 2.70. The smallest absolute Gasteiger partial charge is 0.236 e. The molecule has 1 saturated carbocycles. The molecule has 3 nitrogen and oxygen atoms in total. The third-order valence-electron chi connectivity index (χ3n) is 3.13. The van der Waals surface area contributed by atoms with Crippen molar-refractivity contribution in [1.82, 2.24) is 10.6 Å². The van der Waals surface area contributed by atoms with E-state index >= 15 is 0 Å². The van der Waals surface area contributed by atoms with Crippen molar-refractivity contribution in [3.8, 4) is 0 Å². The molecule has 0 aromatic rings. The largest absolute Gasteiger partial charge is 0.355 e. The number of carbonyl (C=O) groups excluding carboxylic acids is 1. The van der Waals surface area contributed by atoms with Crippen LogP contribution in [0.5, 0.6) is 0 Å². The molecule has 0 spiro atoms. The number of rotatable bonds is 5. The fraction of sp³-hybridized carbons (Fsp3) is 0.909. The fourth-order valence-corrected chi connectivity index (χ4v) is 1.66. The van der Waals surface area contributed by atoms with Crippen molar-refractivity contribution < 1.29 is 4.79 Å². The van der Waals surface area contributed by atoms with Gasteiger partial charge in [-0.2, -0.15) is 0 Å². The first-order valence-electron chi connectivity index (χ1n) is 5.48. The van der Waals surface area contributed by atoms with Crippen molar-refractivity contribution in [3.63, 3.8) is 0 Å². The lowest BCUT2D eigenvalue weighted by molar-refractivity contribution is -0.122. The summed E-state index contributed by atoms with van der Waals surface area (Å²) >= 11 is 0. The number of likely N-dealkylation sites (N-methyl/N-ethyl adjacent to an activating group) is 1. The summed E-state index contributed by atoms with van der Waals surface area (Å²) in [7, 11) is 0. The van der Waals surface area contributed by atoms with E-state index < -0.39 is 0 Å². The fourth-order valence-electron chi connectivity index (χ4n) is 1.66. The number of carbonyl (C=O) groups is 1. The zero-order valence-corrected chi connectivity index (χ0v) is 9.68.